The van der Waals surface area contributed by atoms with Crippen molar-refractivity contribution in [2.24, 2.45) is 0 Å². The Bertz CT molecular complexity index is 699. The second kappa shape index (κ2) is 10.1. The van der Waals surface area contributed by atoms with Gasteiger partial charge in [0.2, 0.25) is 0 Å². The highest BCUT2D eigenvalue weighted by atomic mass is 35.5. The van der Waals surface area contributed by atoms with Crippen molar-refractivity contribution in [2.45, 2.75) is 39.8 Å². The standard InChI is InChI=1S/C21H27ClN2O2/c1-4-19(26-20-10-8-7-9-18(20)22)21(25)23-15-16-11-13-17(14-12-16)24(5-2)6-3/h7-14,19H,4-6,15H2,1-3H3,(H,23,25). The van der Waals surface area contributed by atoms with Crippen molar-refractivity contribution in [2.75, 3.05) is 18.0 Å². The van der Waals surface area contributed by atoms with Crippen LogP contribution < -0.4 is 15.0 Å². The van der Waals surface area contributed by atoms with E-state index in [0.29, 0.717) is 23.7 Å². The highest BCUT2D eigenvalue weighted by molar-refractivity contribution is 6.32. The maximum absolute atomic E-state index is 12.4. The molecule has 0 saturated heterocycles. The van der Waals surface area contributed by atoms with E-state index in [1.54, 1.807) is 12.1 Å². The summed E-state index contributed by atoms with van der Waals surface area (Å²) in [6, 6.07) is 15.5. The molecule has 1 atom stereocenters. The van der Waals surface area contributed by atoms with E-state index in [4.69, 9.17) is 16.3 Å². The zero-order chi connectivity index (χ0) is 18.9. The Morgan fingerprint density at radius 2 is 1.73 bits per heavy atom. The average molecular weight is 375 g/mol. The van der Waals surface area contributed by atoms with E-state index in [9.17, 15) is 4.79 Å². The minimum absolute atomic E-state index is 0.139. The minimum atomic E-state index is -0.565. The number of nitrogens with zero attached hydrogens (tertiary/aromatic N) is 1. The van der Waals surface area contributed by atoms with E-state index < -0.39 is 6.10 Å². The van der Waals surface area contributed by atoms with Crippen LogP contribution in [-0.2, 0) is 11.3 Å². The molecule has 0 bridgehead atoms. The largest absolute Gasteiger partial charge is 0.479 e. The molecule has 0 aliphatic heterocycles. The van der Waals surface area contributed by atoms with E-state index in [1.807, 2.05) is 31.2 Å². The first-order valence-electron chi connectivity index (χ1n) is 9.11. The first-order valence-corrected chi connectivity index (χ1v) is 9.49. The van der Waals surface area contributed by atoms with Crippen molar-refractivity contribution in [1.82, 2.24) is 5.32 Å². The van der Waals surface area contributed by atoms with Gasteiger partial charge in [0.05, 0.1) is 5.02 Å². The molecule has 0 saturated carbocycles. The lowest BCUT2D eigenvalue weighted by Crippen LogP contribution is -2.37. The van der Waals surface area contributed by atoms with Crippen LogP contribution in [0.25, 0.3) is 0 Å². The number of halogens is 1. The summed E-state index contributed by atoms with van der Waals surface area (Å²) in [6.07, 6.45) is 0.00246. The normalized spacial score (nSPS) is 11.7. The molecule has 2 aromatic carbocycles. The van der Waals surface area contributed by atoms with E-state index in [2.05, 4.69) is 36.2 Å². The number of carbonyl (C=O) groups is 1. The van der Waals surface area contributed by atoms with Gasteiger partial charge in [-0.1, -0.05) is 42.8 Å². The molecule has 0 aliphatic rings. The molecule has 0 aliphatic carbocycles. The molecular weight excluding hydrogens is 348 g/mol. The number of hydrogen-bond acceptors (Lipinski definition) is 3. The second-order valence-corrected chi connectivity index (χ2v) is 6.41. The molecule has 0 fully saturated rings. The Morgan fingerprint density at radius 1 is 1.08 bits per heavy atom. The predicted octanol–water partition coefficient (Wildman–Crippen LogP) is 4.66. The first-order chi connectivity index (χ1) is 12.6. The van der Waals surface area contributed by atoms with Gasteiger partial charge in [-0.3, -0.25) is 4.79 Å². The third-order valence-corrected chi connectivity index (χ3v) is 4.61. The Kier molecular flexibility index (Phi) is 7.79. The van der Waals surface area contributed by atoms with Crippen LogP contribution in [0.4, 0.5) is 5.69 Å². The fourth-order valence-electron chi connectivity index (χ4n) is 2.73. The van der Waals surface area contributed by atoms with Gasteiger partial charge in [0.15, 0.2) is 6.10 Å². The number of ether oxygens (including phenoxy) is 1. The van der Waals surface area contributed by atoms with E-state index in [1.165, 1.54) is 5.69 Å². The van der Waals surface area contributed by atoms with Gasteiger partial charge in [-0.15, -0.1) is 0 Å². The maximum atomic E-state index is 12.4. The zero-order valence-corrected chi connectivity index (χ0v) is 16.4. The van der Waals surface area contributed by atoms with Crippen molar-refractivity contribution in [3.8, 4) is 5.75 Å². The highest BCUT2D eigenvalue weighted by Crippen LogP contribution is 2.25. The Balaban J connectivity index is 1.93. The molecule has 1 N–H and O–H groups in total. The van der Waals surface area contributed by atoms with Gasteiger partial charge in [0, 0.05) is 25.3 Å². The Hall–Kier alpha value is -2.20. The van der Waals surface area contributed by atoms with Gasteiger partial charge in [-0.05, 0) is 50.1 Å². The fourth-order valence-corrected chi connectivity index (χ4v) is 2.91. The van der Waals surface area contributed by atoms with Crippen molar-refractivity contribution < 1.29 is 9.53 Å². The van der Waals surface area contributed by atoms with Crippen molar-refractivity contribution in [1.29, 1.82) is 0 Å². The molecule has 1 unspecified atom stereocenters. The fraction of sp³-hybridized carbons (Fsp3) is 0.381. The summed E-state index contributed by atoms with van der Waals surface area (Å²) in [7, 11) is 0. The molecule has 26 heavy (non-hydrogen) atoms. The maximum Gasteiger partial charge on any atom is 0.261 e. The second-order valence-electron chi connectivity index (χ2n) is 6.00. The van der Waals surface area contributed by atoms with Gasteiger partial charge < -0.3 is 15.0 Å². The highest BCUT2D eigenvalue weighted by Gasteiger charge is 2.19. The molecule has 2 aromatic rings. The minimum Gasteiger partial charge on any atom is -0.479 e. The lowest BCUT2D eigenvalue weighted by atomic mass is 10.2. The summed E-state index contributed by atoms with van der Waals surface area (Å²) < 4.78 is 5.77. The van der Waals surface area contributed by atoms with Crippen LogP contribution in [0.5, 0.6) is 5.75 Å². The van der Waals surface area contributed by atoms with Gasteiger partial charge in [-0.2, -0.15) is 0 Å². The first kappa shape index (κ1) is 20.1. The summed E-state index contributed by atoms with van der Waals surface area (Å²) in [5.41, 5.74) is 2.25. The monoisotopic (exact) mass is 374 g/mol. The van der Waals surface area contributed by atoms with Crippen LogP contribution in [0.15, 0.2) is 48.5 Å². The summed E-state index contributed by atoms with van der Waals surface area (Å²) in [5, 5.41) is 3.45. The molecule has 1 amide bonds. The number of benzene rings is 2. The molecule has 0 heterocycles. The summed E-state index contributed by atoms with van der Waals surface area (Å²) in [6.45, 7) is 8.62. The number of rotatable bonds is 9. The molecular formula is C21H27ClN2O2. The number of anilines is 1. The quantitative estimate of drug-likeness (QED) is 0.694. The van der Waals surface area contributed by atoms with Crippen LogP contribution in [0.3, 0.4) is 0 Å². The number of amides is 1. The third kappa shape index (κ3) is 5.40. The number of para-hydroxylation sites is 1. The van der Waals surface area contributed by atoms with Gasteiger partial charge >= 0.3 is 0 Å². The van der Waals surface area contributed by atoms with Crippen molar-refractivity contribution >= 4 is 23.2 Å². The van der Waals surface area contributed by atoms with Crippen LogP contribution in [0.2, 0.25) is 5.02 Å². The zero-order valence-electron chi connectivity index (χ0n) is 15.7. The number of nitrogens with one attached hydrogen (secondary N) is 1. The average Bonchev–Trinajstić information content (AvgIpc) is 2.67. The lowest BCUT2D eigenvalue weighted by Gasteiger charge is -2.21. The molecule has 140 valence electrons. The van der Waals surface area contributed by atoms with Crippen molar-refractivity contribution in [3.63, 3.8) is 0 Å². The summed E-state index contributed by atoms with van der Waals surface area (Å²) in [4.78, 5) is 14.7. The third-order valence-electron chi connectivity index (χ3n) is 4.30. The van der Waals surface area contributed by atoms with E-state index in [-0.39, 0.29) is 5.91 Å². The molecule has 0 spiro atoms. The van der Waals surface area contributed by atoms with Gasteiger partial charge in [-0.25, -0.2) is 0 Å². The molecule has 0 radical (unpaired) electrons. The van der Waals surface area contributed by atoms with Gasteiger partial charge in [0.25, 0.3) is 5.91 Å². The van der Waals surface area contributed by atoms with E-state index in [0.717, 1.165) is 18.7 Å². The smallest absolute Gasteiger partial charge is 0.261 e. The SMILES string of the molecule is CCC(Oc1ccccc1Cl)C(=O)NCc1ccc(N(CC)CC)cc1. The molecule has 4 nitrogen and oxygen atoms in total. The van der Waals surface area contributed by atoms with Crippen LogP contribution >= 0.6 is 11.6 Å². The topological polar surface area (TPSA) is 41.6 Å². The Labute approximate surface area is 161 Å². The lowest BCUT2D eigenvalue weighted by molar-refractivity contribution is -0.128. The van der Waals surface area contributed by atoms with Gasteiger partial charge in [0.1, 0.15) is 5.75 Å². The molecule has 0 aromatic heterocycles. The Morgan fingerprint density at radius 3 is 2.31 bits per heavy atom. The van der Waals surface area contributed by atoms with E-state index >= 15 is 0 Å². The molecule has 5 heteroatoms. The summed E-state index contributed by atoms with van der Waals surface area (Å²) >= 11 is 6.11. The predicted molar refractivity (Wildman–Crippen MR) is 108 cm³/mol. The van der Waals surface area contributed by atoms with Crippen LogP contribution in [0, 0.1) is 0 Å². The summed E-state index contributed by atoms with van der Waals surface area (Å²) in [5.74, 6) is 0.389. The molecule has 2 rings (SSSR count). The number of hydrogen-bond donors (Lipinski definition) is 1. The van der Waals surface area contributed by atoms with Crippen LogP contribution in [0.1, 0.15) is 32.8 Å². The van der Waals surface area contributed by atoms with Crippen molar-refractivity contribution in [3.05, 3.63) is 59.1 Å². The van der Waals surface area contributed by atoms with Crippen LogP contribution in [-0.4, -0.2) is 25.1 Å². The number of carbonyl (C=O) groups excluding carboxylic acids is 1.